The Morgan fingerprint density at radius 2 is 2.67 bits per heavy atom. The molecular formula is C7H9NRu. The van der Waals surface area contributed by atoms with Gasteiger partial charge in [-0.25, -0.2) is 0 Å². The first-order valence-electron chi connectivity index (χ1n) is 2.74. The topological polar surface area (TPSA) is 15.8 Å². The van der Waals surface area contributed by atoms with Crippen molar-refractivity contribution < 1.29 is 17.1 Å². The molecule has 9 heavy (non-hydrogen) atoms. The van der Waals surface area contributed by atoms with Crippen molar-refractivity contribution >= 4 is 4.29 Å². The Hall–Kier alpha value is -0.357. The van der Waals surface area contributed by atoms with Gasteiger partial charge in [-0.1, -0.05) is 0 Å². The molecule has 0 fully saturated rings. The van der Waals surface area contributed by atoms with Gasteiger partial charge in [-0.15, -0.1) is 0 Å². The molecule has 0 radical (unpaired) electrons. The van der Waals surface area contributed by atoms with Crippen molar-refractivity contribution in [2.45, 2.75) is 5.02 Å². The van der Waals surface area contributed by atoms with E-state index in [9.17, 15) is 0 Å². The Morgan fingerprint density at radius 3 is 3.22 bits per heavy atom. The normalized spacial score (nSPS) is 9.78. The molecule has 1 N–H and O–H groups in total. The van der Waals surface area contributed by atoms with Crippen LogP contribution in [0.25, 0.3) is 0 Å². The van der Waals surface area contributed by atoms with E-state index in [0.717, 1.165) is 5.02 Å². The Balaban J connectivity index is 2.38. The predicted molar refractivity (Wildman–Crippen MR) is 35.4 cm³/mol. The van der Waals surface area contributed by atoms with Crippen molar-refractivity contribution in [2.24, 2.45) is 0 Å². The minimum absolute atomic E-state index is 0.352. The molecule has 0 aliphatic heterocycles. The SMILES string of the molecule is C=C[CH2][Ru][c]1ccc[nH]1. The van der Waals surface area contributed by atoms with Gasteiger partial charge in [0, 0.05) is 0 Å². The van der Waals surface area contributed by atoms with E-state index in [1.54, 1.807) is 0 Å². The fraction of sp³-hybridized carbons (Fsp3) is 0.143. The molecule has 1 aromatic rings. The molecule has 0 bridgehead atoms. The van der Waals surface area contributed by atoms with Gasteiger partial charge in [0.25, 0.3) is 0 Å². The van der Waals surface area contributed by atoms with Gasteiger partial charge in [-0.3, -0.25) is 0 Å². The number of allylic oxidation sites excluding steroid dienone is 1. The molecule has 0 aliphatic carbocycles. The summed E-state index contributed by atoms with van der Waals surface area (Å²) in [6.45, 7) is 3.67. The van der Waals surface area contributed by atoms with Crippen LogP contribution in [0.5, 0.6) is 0 Å². The number of aromatic nitrogens is 1. The monoisotopic (exact) mass is 209 g/mol. The third-order valence-corrected chi connectivity index (χ3v) is 2.92. The molecule has 50 valence electrons. The summed E-state index contributed by atoms with van der Waals surface area (Å²) in [5, 5.41) is 1.15. The summed E-state index contributed by atoms with van der Waals surface area (Å²) in [5.74, 6) is 0. The van der Waals surface area contributed by atoms with Gasteiger partial charge in [0.2, 0.25) is 0 Å². The van der Waals surface area contributed by atoms with Crippen molar-refractivity contribution in [1.82, 2.24) is 4.98 Å². The second-order valence-corrected chi connectivity index (χ2v) is 3.82. The first kappa shape index (κ1) is 6.76. The van der Waals surface area contributed by atoms with E-state index in [1.807, 2.05) is 18.3 Å². The van der Waals surface area contributed by atoms with Crippen molar-refractivity contribution in [3.8, 4) is 0 Å². The van der Waals surface area contributed by atoms with Crippen LogP contribution in [0.15, 0.2) is 31.0 Å². The molecule has 0 amide bonds. The Bertz CT molecular complexity index is 167. The summed E-state index contributed by atoms with van der Waals surface area (Å²) in [6.07, 6.45) is 3.94. The van der Waals surface area contributed by atoms with Crippen LogP contribution in [0.2, 0.25) is 5.02 Å². The van der Waals surface area contributed by atoms with Gasteiger partial charge in [0.05, 0.1) is 0 Å². The number of aromatic amines is 1. The predicted octanol–water partition coefficient (Wildman–Crippen LogP) is 1.33. The average Bonchev–Trinajstić information content (AvgIpc) is 2.34. The van der Waals surface area contributed by atoms with E-state index in [-0.39, 0.29) is 0 Å². The molecule has 0 spiro atoms. The van der Waals surface area contributed by atoms with Gasteiger partial charge in [0.1, 0.15) is 0 Å². The third-order valence-electron chi connectivity index (χ3n) is 0.861. The zero-order valence-corrected chi connectivity index (χ0v) is 6.82. The quantitative estimate of drug-likeness (QED) is 0.569. The van der Waals surface area contributed by atoms with Gasteiger partial charge in [-0.05, 0) is 0 Å². The number of hydrogen-bond donors (Lipinski definition) is 1. The number of rotatable bonds is 3. The summed E-state index contributed by atoms with van der Waals surface area (Å²) >= 11 is 0.352. The van der Waals surface area contributed by atoms with Gasteiger partial charge in [-0.2, -0.15) is 0 Å². The molecule has 0 saturated heterocycles. The van der Waals surface area contributed by atoms with Crippen LogP contribution < -0.4 is 4.29 Å². The molecule has 0 atom stereocenters. The number of nitrogens with one attached hydrogen (secondary N) is 1. The van der Waals surface area contributed by atoms with E-state index in [1.165, 1.54) is 4.29 Å². The molecule has 1 rings (SSSR count). The van der Waals surface area contributed by atoms with Crippen LogP contribution in [0.4, 0.5) is 0 Å². The summed E-state index contributed by atoms with van der Waals surface area (Å²) in [7, 11) is 0. The van der Waals surface area contributed by atoms with Crippen LogP contribution in [0.3, 0.4) is 0 Å². The zero-order valence-electron chi connectivity index (χ0n) is 5.08. The summed E-state index contributed by atoms with van der Waals surface area (Å²) in [6, 6.07) is 4.16. The van der Waals surface area contributed by atoms with Crippen molar-refractivity contribution in [1.29, 1.82) is 0 Å². The molecule has 1 nitrogen and oxygen atoms in total. The molecule has 0 aromatic carbocycles. The standard InChI is InChI=1S/C4H4N.C3H5.Ru/c1-2-4-5-3-1;1-3-2;/h1-3,5H;3H,1-2H2;. The van der Waals surface area contributed by atoms with E-state index in [0.29, 0.717) is 17.1 Å². The fourth-order valence-electron chi connectivity index (χ4n) is 0.511. The molecule has 2 heteroatoms. The Morgan fingerprint density at radius 1 is 1.78 bits per heavy atom. The van der Waals surface area contributed by atoms with Crippen LogP contribution in [-0.4, -0.2) is 4.98 Å². The van der Waals surface area contributed by atoms with Crippen molar-refractivity contribution in [2.75, 3.05) is 0 Å². The van der Waals surface area contributed by atoms with Gasteiger partial charge >= 0.3 is 62.4 Å². The van der Waals surface area contributed by atoms with Crippen LogP contribution >= 0.6 is 0 Å². The first-order valence-corrected chi connectivity index (χ1v) is 4.84. The number of hydrogen-bond acceptors (Lipinski definition) is 0. The molecule has 0 saturated carbocycles. The van der Waals surface area contributed by atoms with Crippen LogP contribution in [0.1, 0.15) is 0 Å². The average molecular weight is 208 g/mol. The fourth-order valence-corrected chi connectivity index (χ4v) is 1.84. The second kappa shape index (κ2) is 3.63. The van der Waals surface area contributed by atoms with Gasteiger partial charge < -0.3 is 0 Å². The minimum atomic E-state index is 0.352. The van der Waals surface area contributed by atoms with Crippen molar-refractivity contribution in [3.63, 3.8) is 0 Å². The maximum absolute atomic E-state index is 3.67. The maximum atomic E-state index is 3.67. The van der Waals surface area contributed by atoms with Gasteiger partial charge in [0.15, 0.2) is 0 Å². The summed E-state index contributed by atoms with van der Waals surface area (Å²) < 4.78 is 1.38. The Kier molecular flexibility index (Phi) is 2.72. The summed E-state index contributed by atoms with van der Waals surface area (Å²) in [4.78, 5) is 3.16. The number of H-pyrrole nitrogens is 1. The van der Waals surface area contributed by atoms with E-state index < -0.39 is 0 Å². The third kappa shape index (κ3) is 2.15. The molecule has 1 aromatic heterocycles. The summed E-state index contributed by atoms with van der Waals surface area (Å²) in [5.41, 5.74) is 0. The Labute approximate surface area is 62.8 Å². The second-order valence-electron chi connectivity index (χ2n) is 1.56. The first-order chi connectivity index (χ1) is 4.43. The van der Waals surface area contributed by atoms with Crippen LogP contribution in [0, 0.1) is 0 Å². The van der Waals surface area contributed by atoms with Crippen molar-refractivity contribution in [3.05, 3.63) is 31.0 Å². The van der Waals surface area contributed by atoms with Crippen LogP contribution in [-0.2, 0) is 17.1 Å². The zero-order chi connectivity index (χ0) is 6.53. The molecule has 0 aliphatic rings. The molecular weight excluding hydrogens is 199 g/mol. The molecule has 0 unspecified atom stereocenters. The van der Waals surface area contributed by atoms with E-state index >= 15 is 0 Å². The molecule has 1 heterocycles. The van der Waals surface area contributed by atoms with E-state index in [2.05, 4.69) is 17.6 Å². The van der Waals surface area contributed by atoms with E-state index in [4.69, 9.17) is 0 Å².